The molecule has 1 rings (SSSR count). The van der Waals surface area contributed by atoms with Crippen molar-refractivity contribution in [1.82, 2.24) is 0 Å². The van der Waals surface area contributed by atoms with Crippen LogP contribution < -0.4 is 0 Å². The maximum Gasteiger partial charge on any atom is 0.299 e. The molecule has 0 heterocycles. The first-order valence-corrected chi connectivity index (χ1v) is 11.3. The van der Waals surface area contributed by atoms with E-state index in [-0.39, 0.29) is 4.90 Å². The molecular weight excluding hydrogens is 348 g/mol. The predicted molar refractivity (Wildman–Crippen MR) is 107 cm³/mol. The lowest BCUT2D eigenvalue weighted by Gasteiger charge is -2.22. The van der Waals surface area contributed by atoms with Crippen LogP contribution in [0.15, 0.2) is 29.2 Å². The van der Waals surface area contributed by atoms with Crippen LogP contribution >= 0.6 is 0 Å². The van der Waals surface area contributed by atoms with Crippen LogP contribution in [0.1, 0.15) is 71.8 Å². The van der Waals surface area contributed by atoms with Gasteiger partial charge in [-0.05, 0) is 37.3 Å². The standard InChI is InChI=1S/C21H36O4S/c1-6-7-15-24-21(16-19(5)10-8-9-17(2)3)25-26(22,23)20-13-11-18(4)12-14-20/h11-14,17,19,21H,6-10,15-16H2,1-5H3. The summed E-state index contributed by atoms with van der Waals surface area (Å²) >= 11 is 0. The smallest absolute Gasteiger partial charge is 0.299 e. The fourth-order valence-electron chi connectivity index (χ4n) is 2.72. The Kier molecular flexibility index (Phi) is 10.4. The van der Waals surface area contributed by atoms with Gasteiger partial charge in [-0.1, -0.05) is 71.1 Å². The monoisotopic (exact) mass is 384 g/mol. The molecule has 4 nitrogen and oxygen atoms in total. The number of rotatable bonds is 13. The van der Waals surface area contributed by atoms with Gasteiger partial charge in [0.2, 0.25) is 0 Å². The van der Waals surface area contributed by atoms with Gasteiger partial charge in [0.15, 0.2) is 6.29 Å². The SMILES string of the molecule is CCCCOC(CC(C)CCCC(C)C)OS(=O)(=O)c1ccc(C)cc1. The molecule has 2 unspecified atom stereocenters. The van der Waals surface area contributed by atoms with Crippen molar-refractivity contribution < 1.29 is 17.3 Å². The van der Waals surface area contributed by atoms with E-state index in [2.05, 4.69) is 27.7 Å². The number of hydrogen-bond acceptors (Lipinski definition) is 4. The third-order valence-corrected chi connectivity index (χ3v) is 5.74. The summed E-state index contributed by atoms with van der Waals surface area (Å²) in [6.45, 7) is 11.1. The highest BCUT2D eigenvalue weighted by atomic mass is 32.2. The van der Waals surface area contributed by atoms with Crippen LogP contribution in [0.3, 0.4) is 0 Å². The van der Waals surface area contributed by atoms with Gasteiger partial charge in [0.1, 0.15) is 0 Å². The maximum atomic E-state index is 12.6. The van der Waals surface area contributed by atoms with Crippen molar-refractivity contribution in [3.8, 4) is 0 Å². The second-order valence-electron chi connectivity index (χ2n) is 7.68. The van der Waals surface area contributed by atoms with Gasteiger partial charge >= 0.3 is 0 Å². The van der Waals surface area contributed by atoms with Gasteiger partial charge in [-0.3, -0.25) is 0 Å². The fraction of sp³-hybridized carbons (Fsp3) is 0.714. The van der Waals surface area contributed by atoms with Crippen molar-refractivity contribution in [2.75, 3.05) is 6.61 Å². The summed E-state index contributed by atoms with van der Waals surface area (Å²) < 4.78 is 36.4. The van der Waals surface area contributed by atoms with Crippen molar-refractivity contribution in [3.05, 3.63) is 29.8 Å². The van der Waals surface area contributed by atoms with E-state index in [1.54, 1.807) is 24.3 Å². The highest BCUT2D eigenvalue weighted by Gasteiger charge is 2.24. The predicted octanol–water partition coefficient (Wildman–Crippen LogP) is 5.70. The van der Waals surface area contributed by atoms with Crippen LogP contribution in [0.2, 0.25) is 0 Å². The lowest BCUT2D eigenvalue weighted by Crippen LogP contribution is -2.24. The molecule has 0 radical (unpaired) electrons. The minimum Gasteiger partial charge on any atom is -0.351 e. The molecule has 0 aliphatic heterocycles. The van der Waals surface area contributed by atoms with Crippen molar-refractivity contribution >= 4 is 10.1 Å². The van der Waals surface area contributed by atoms with Crippen LogP contribution in [0, 0.1) is 18.8 Å². The molecule has 1 aromatic rings. The Bertz CT molecular complexity index is 593. The molecule has 26 heavy (non-hydrogen) atoms. The highest BCUT2D eigenvalue weighted by molar-refractivity contribution is 7.86. The Labute approximate surface area is 160 Å². The largest absolute Gasteiger partial charge is 0.351 e. The van der Waals surface area contributed by atoms with Crippen LogP contribution in [0.4, 0.5) is 0 Å². The molecule has 0 amide bonds. The van der Waals surface area contributed by atoms with Gasteiger partial charge in [0, 0.05) is 13.0 Å². The van der Waals surface area contributed by atoms with E-state index >= 15 is 0 Å². The molecule has 0 saturated carbocycles. The topological polar surface area (TPSA) is 52.6 Å². The van der Waals surface area contributed by atoms with Gasteiger partial charge in [0.05, 0.1) is 4.90 Å². The summed E-state index contributed by atoms with van der Waals surface area (Å²) in [6.07, 6.45) is 5.15. The Morgan fingerprint density at radius 2 is 1.65 bits per heavy atom. The van der Waals surface area contributed by atoms with E-state index in [4.69, 9.17) is 8.92 Å². The molecule has 0 fully saturated rings. The summed E-state index contributed by atoms with van der Waals surface area (Å²) in [5, 5.41) is 0. The first kappa shape index (κ1) is 23.1. The van der Waals surface area contributed by atoms with E-state index in [0.717, 1.165) is 31.2 Å². The zero-order valence-electron chi connectivity index (χ0n) is 17.0. The Morgan fingerprint density at radius 1 is 1.00 bits per heavy atom. The normalized spacial score (nSPS) is 14.5. The minimum absolute atomic E-state index is 0.180. The van der Waals surface area contributed by atoms with E-state index in [1.807, 2.05) is 6.92 Å². The number of benzene rings is 1. The van der Waals surface area contributed by atoms with Crippen molar-refractivity contribution in [1.29, 1.82) is 0 Å². The van der Waals surface area contributed by atoms with E-state index in [9.17, 15) is 8.42 Å². The maximum absolute atomic E-state index is 12.6. The van der Waals surface area contributed by atoms with Crippen LogP contribution in [-0.2, 0) is 19.0 Å². The average Bonchev–Trinajstić information content (AvgIpc) is 2.54. The molecule has 5 heteroatoms. The van der Waals surface area contributed by atoms with Crippen molar-refractivity contribution in [3.63, 3.8) is 0 Å². The van der Waals surface area contributed by atoms with Crippen molar-refractivity contribution in [2.24, 2.45) is 11.8 Å². The molecule has 0 aromatic heterocycles. The number of unbranched alkanes of at least 4 members (excludes halogenated alkanes) is 1. The third-order valence-electron chi connectivity index (χ3n) is 4.42. The lowest BCUT2D eigenvalue weighted by molar-refractivity contribution is -0.0892. The van der Waals surface area contributed by atoms with Gasteiger partial charge < -0.3 is 4.74 Å². The van der Waals surface area contributed by atoms with Crippen LogP contribution in [-0.4, -0.2) is 21.3 Å². The second kappa shape index (κ2) is 11.7. The third kappa shape index (κ3) is 9.15. The first-order chi connectivity index (χ1) is 12.2. The van der Waals surface area contributed by atoms with Crippen LogP contribution in [0.25, 0.3) is 0 Å². The zero-order valence-corrected chi connectivity index (χ0v) is 17.8. The zero-order chi connectivity index (χ0) is 19.6. The molecule has 0 N–H and O–H groups in total. The molecule has 0 saturated heterocycles. The van der Waals surface area contributed by atoms with Gasteiger partial charge in [0.25, 0.3) is 10.1 Å². The quantitative estimate of drug-likeness (QED) is 0.249. The summed E-state index contributed by atoms with van der Waals surface area (Å²) in [5.74, 6) is 1.05. The molecule has 1 aromatic carbocycles. The van der Waals surface area contributed by atoms with E-state index < -0.39 is 16.4 Å². The van der Waals surface area contributed by atoms with Gasteiger partial charge in [-0.2, -0.15) is 8.42 Å². The molecule has 0 bridgehead atoms. The van der Waals surface area contributed by atoms with Gasteiger partial charge in [-0.25, -0.2) is 4.18 Å². The summed E-state index contributed by atoms with van der Waals surface area (Å²) in [6, 6.07) is 6.72. The number of hydrogen-bond donors (Lipinski definition) is 0. The highest BCUT2D eigenvalue weighted by Crippen LogP contribution is 2.23. The molecule has 150 valence electrons. The molecule has 0 aliphatic carbocycles. The molecular formula is C21H36O4S. The number of ether oxygens (including phenoxy) is 1. The Balaban J connectivity index is 2.70. The summed E-state index contributed by atoms with van der Waals surface area (Å²) in [7, 11) is -3.82. The second-order valence-corrected chi connectivity index (χ2v) is 9.26. The van der Waals surface area contributed by atoms with Gasteiger partial charge in [-0.15, -0.1) is 0 Å². The average molecular weight is 385 g/mol. The lowest BCUT2D eigenvalue weighted by atomic mass is 9.97. The van der Waals surface area contributed by atoms with E-state index in [1.165, 1.54) is 6.42 Å². The van der Waals surface area contributed by atoms with Crippen LogP contribution in [0.5, 0.6) is 0 Å². The molecule has 0 spiro atoms. The van der Waals surface area contributed by atoms with Crippen molar-refractivity contribution in [2.45, 2.75) is 84.3 Å². The van der Waals surface area contributed by atoms with E-state index in [0.29, 0.717) is 24.9 Å². The number of aryl methyl sites for hydroxylation is 1. The Morgan fingerprint density at radius 3 is 2.23 bits per heavy atom. The minimum atomic E-state index is -3.82. The first-order valence-electron chi connectivity index (χ1n) is 9.86. The molecule has 2 atom stereocenters. The Hall–Kier alpha value is -0.910. The molecule has 0 aliphatic rings. The summed E-state index contributed by atoms with van der Waals surface area (Å²) in [5.41, 5.74) is 1.01. The fourth-order valence-corrected chi connectivity index (χ4v) is 3.71. The summed E-state index contributed by atoms with van der Waals surface area (Å²) in [4.78, 5) is 0.180.